The molecule has 0 bridgehead atoms. The molecule has 2 aromatic carbocycles. The van der Waals surface area contributed by atoms with E-state index in [1.807, 2.05) is 12.1 Å². The molecule has 2 aromatic rings. The minimum absolute atomic E-state index is 0. The van der Waals surface area contributed by atoms with E-state index in [-0.39, 0.29) is 24.8 Å². The van der Waals surface area contributed by atoms with Crippen LogP contribution in [0, 0.1) is 6.92 Å². The van der Waals surface area contributed by atoms with Crippen molar-refractivity contribution < 1.29 is 28.4 Å². The highest BCUT2D eigenvalue weighted by atomic mass is 35.5. The zero-order chi connectivity index (χ0) is 56.3. The molecule has 0 saturated carbocycles. The van der Waals surface area contributed by atoms with Crippen molar-refractivity contribution in [1.82, 2.24) is 10.2 Å². The fourth-order valence-electron chi connectivity index (χ4n) is 9.28. The van der Waals surface area contributed by atoms with Crippen molar-refractivity contribution in [2.24, 2.45) is 0 Å². The van der Waals surface area contributed by atoms with E-state index in [1.54, 1.807) is 42.7 Å². The highest BCUT2D eigenvalue weighted by Crippen LogP contribution is 2.49. The number of benzene rings is 2. The standard InChI is InChI=1S/C68H106N2O6.2ClH/c1-51(2)26-18-27-52(3)28-19-29-53(4)30-20-31-54(5)32-21-33-55(6)34-22-35-56(7)36-23-37-57(8)38-24-39-58(9)40-25-41-59(10)44-46-70(47-45-69-49-61-42-43-63(71-12)64(48-61)72-13)50-62-60(11)65(73-14)67(75-16)68(76-17)66(62)74-15;;/h26,28,30,32,34,36,38,40,42-44,48,69H,18-25,27,29,31,33,35,37,39,41,45-47,49-50H2,1-17H3;2*1H/b52-28+,53-30+,54-32+,55-34+,56-36+,57-38+,58-40+,59-44+;;. The SMILES string of the molecule is COc1ccc(CNCCN(C/C=C(\C)CC/C=C(\C)CC/C=C(\C)CC/C=C(\C)CC/C=C(\C)CC/C=C(\C)CC/C=C(\C)CC/C=C(\C)CCC=C(C)C)Cc2c(C)c(OC)c(OC)c(OC)c2OC)cc1OC.Cl.Cl. The van der Waals surface area contributed by atoms with Crippen LogP contribution in [0.2, 0.25) is 0 Å². The third kappa shape index (κ3) is 30.1. The van der Waals surface area contributed by atoms with Gasteiger partial charge in [-0.05, 0) is 197 Å². The van der Waals surface area contributed by atoms with E-state index >= 15 is 0 Å². The largest absolute Gasteiger partial charge is 0.493 e. The average Bonchev–Trinajstić information content (AvgIpc) is 3.38. The maximum absolute atomic E-state index is 5.98. The molecule has 0 heterocycles. The summed E-state index contributed by atoms with van der Waals surface area (Å²) in [7, 11) is 9.92. The number of nitrogens with one attached hydrogen (secondary N) is 1. The maximum atomic E-state index is 5.98. The van der Waals surface area contributed by atoms with Crippen LogP contribution in [0.25, 0.3) is 0 Å². The van der Waals surface area contributed by atoms with E-state index in [4.69, 9.17) is 28.4 Å². The Labute approximate surface area is 489 Å². The topological polar surface area (TPSA) is 70.7 Å². The van der Waals surface area contributed by atoms with Crippen LogP contribution in [0.1, 0.15) is 189 Å². The van der Waals surface area contributed by atoms with Gasteiger partial charge >= 0.3 is 0 Å². The molecule has 0 aromatic heterocycles. The van der Waals surface area contributed by atoms with Crippen LogP contribution in [0.4, 0.5) is 0 Å². The first kappa shape index (κ1) is 73.4. The number of methoxy groups -OCH3 is 6. The van der Waals surface area contributed by atoms with Crippen LogP contribution in [-0.2, 0) is 13.1 Å². The summed E-state index contributed by atoms with van der Waals surface area (Å²) < 4.78 is 34.4. The Balaban J connectivity index is 0.0000296. The first-order valence-corrected chi connectivity index (χ1v) is 28.4. The molecule has 0 aliphatic carbocycles. The molecule has 0 aliphatic heterocycles. The van der Waals surface area contributed by atoms with Gasteiger partial charge in [-0.15, -0.1) is 24.8 Å². The zero-order valence-electron chi connectivity index (χ0n) is 52.0. The van der Waals surface area contributed by atoms with E-state index in [0.29, 0.717) is 36.1 Å². The van der Waals surface area contributed by atoms with Gasteiger partial charge in [-0.1, -0.05) is 111 Å². The predicted molar refractivity (Wildman–Crippen MR) is 342 cm³/mol. The molecule has 0 unspecified atom stereocenters. The first-order chi connectivity index (χ1) is 36.5. The van der Waals surface area contributed by atoms with Crippen LogP contribution in [-0.4, -0.2) is 67.2 Å². The molecule has 0 fully saturated rings. The number of hydrogen-bond donors (Lipinski definition) is 1. The Kier molecular flexibility index (Phi) is 40.7. The monoisotopic (exact) mass is 1120 g/mol. The van der Waals surface area contributed by atoms with Crippen molar-refractivity contribution in [2.75, 3.05) is 62.3 Å². The molecule has 0 spiro atoms. The Morgan fingerprint density at radius 3 is 1.12 bits per heavy atom. The van der Waals surface area contributed by atoms with E-state index < -0.39 is 0 Å². The lowest BCUT2D eigenvalue weighted by Crippen LogP contribution is -2.32. The minimum Gasteiger partial charge on any atom is -0.493 e. The van der Waals surface area contributed by atoms with Gasteiger partial charge in [0, 0.05) is 43.9 Å². The maximum Gasteiger partial charge on any atom is 0.207 e. The quantitative estimate of drug-likeness (QED) is 0.0525. The summed E-state index contributed by atoms with van der Waals surface area (Å²) in [6.45, 7) is 28.4. The Morgan fingerprint density at radius 1 is 0.423 bits per heavy atom. The van der Waals surface area contributed by atoms with Crippen molar-refractivity contribution in [3.8, 4) is 34.5 Å². The third-order valence-electron chi connectivity index (χ3n) is 14.3. The van der Waals surface area contributed by atoms with Crippen LogP contribution in [0.3, 0.4) is 0 Å². The Bertz CT molecular complexity index is 2330. The van der Waals surface area contributed by atoms with Crippen molar-refractivity contribution in [1.29, 1.82) is 0 Å². The predicted octanol–water partition coefficient (Wildman–Crippen LogP) is 19.3. The summed E-state index contributed by atoms with van der Waals surface area (Å²) in [4.78, 5) is 2.44. The fourth-order valence-corrected chi connectivity index (χ4v) is 9.28. The van der Waals surface area contributed by atoms with E-state index in [1.165, 1.54) is 63.0 Å². The van der Waals surface area contributed by atoms with Crippen molar-refractivity contribution in [3.05, 3.63) is 140 Å². The van der Waals surface area contributed by atoms with Crippen LogP contribution >= 0.6 is 24.8 Å². The second-order valence-electron chi connectivity index (χ2n) is 21.3. The molecule has 8 nitrogen and oxygen atoms in total. The molecule has 440 valence electrons. The van der Waals surface area contributed by atoms with Gasteiger partial charge in [-0.25, -0.2) is 0 Å². The van der Waals surface area contributed by atoms with Gasteiger partial charge in [-0.3, -0.25) is 4.90 Å². The second-order valence-corrected chi connectivity index (χ2v) is 21.3. The summed E-state index contributed by atoms with van der Waals surface area (Å²) in [6, 6.07) is 6.04. The molecule has 0 radical (unpaired) electrons. The Hall–Kier alpha value is -4.60. The van der Waals surface area contributed by atoms with Gasteiger partial charge in [-0.2, -0.15) is 0 Å². The van der Waals surface area contributed by atoms with Crippen LogP contribution < -0.4 is 33.7 Å². The normalized spacial score (nSPS) is 13.1. The fraction of sp³-hybridized carbons (Fsp3) is 0.559. The molecule has 0 amide bonds. The molecule has 2 rings (SSSR count). The lowest BCUT2D eigenvalue weighted by molar-refractivity contribution is 0.273. The van der Waals surface area contributed by atoms with Crippen LogP contribution in [0.5, 0.6) is 34.5 Å². The molecule has 78 heavy (non-hydrogen) atoms. The molecule has 10 heteroatoms. The third-order valence-corrected chi connectivity index (χ3v) is 14.3. The number of hydrogen-bond acceptors (Lipinski definition) is 8. The summed E-state index contributed by atoms with van der Waals surface area (Å²) in [5, 5.41) is 3.64. The van der Waals surface area contributed by atoms with E-state index in [0.717, 1.165) is 138 Å². The van der Waals surface area contributed by atoms with Crippen molar-refractivity contribution in [3.63, 3.8) is 0 Å². The number of allylic oxidation sites excluding steroid dienone is 17. The van der Waals surface area contributed by atoms with Crippen LogP contribution in [0.15, 0.2) is 123 Å². The molecule has 0 atom stereocenters. The van der Waals surface area contributed by atoms with Gasteiger partial charge in [0.1, 0.15) is 0 Å². The molecule has 1 N–H and O–H groups in total. The van der Waals surface area contributed by atoms with Gasteiger partial charge in [0.15, 0.2) is 23.0 Å². The summed E-state index contributed by atoms with van der Waals surface area (Å²) >= 11 is 0. The van der Waals surface area contributed by atoms with Crippen molar-refractivity contribution in [2.45, 2.75) is 192 Å². The summed E-state index contributed by atoms with van der Waals surface area (Å²) in [6.07, 6.45) is 39.9. The zero-order valence-corrected chi connectivity index (χ0v) is 53.6. The smallest absolute Gasteiger partial charge is 0.207 e. The number of rotatable bonds is 39. The summed E-state index contributed by atoms with van der Waals surface area (Å²) in [5.41, 5.74) is 16.4. The highest BCUT2D eigenvalue weighted by molar-refractivity contribution is 5.85. The molecule has 0 aliphatic rings. The number of nitrogens with zero attached hydrogens (tertiary/aromatic N) is 1. The Morgan fingerprint density at radius 2 is 0.769 bits per heavy atom. The lowest BCUT2D eigenvalue weighted by atomic mass is 10.0. The number of ether oxygens (including phenoxy) is 6. The minimum atomic E-state index is 0. The van der Waals surface area contributed by atoms with Gasteiger partial charge in [0.05, 0.1) is 42.7 Å². The summed E-state index contributed by atoms with van der Waals surface area (Å²) in [5.74, 6) is 3.83. The molecular weight excluding hydrogens is 1010 g/mol. The lowest BCUT2D eigenvalue weighted by Gasteiger charge is -2.26. The first-order valence-electron chi connectivity index (χ1n) is 28.4. The van der Waals surface area contributed by atoms with Crippen molar-refractivity contribution >= 4 is 24.8 Å². The van der Waals surface area contributed by atoms with E-state index in [9.17, 15) is 0 Å². The highest BCUT2D eigenvalue weighted by Gasteiger charge is 2.26. The van der Waals surface area contributed by atoms with Gasteiger partial charge in [0.25, 0.3) is 0 Å². The second kappa shape index (κ2) is 43.2. The molecular formula is C68H108Cl2N2O6. The van der Waals surface area contributed by atoms with Gasteiger partial charge < -0.3 is 33.7 Å². The molecule has 0 saturated heterocycles. The number of halogens is 2. The van der Waals surface area contributed by atoms with E-state index in [2.05, 4.69) is 147 Å². The van der Waals surface area contributed by atoms with Gasteiger partial charge in [0.2, 0.25) is 11.5 Å². The average molecular weight is 1120 g/mol.